The van der Waals surface area contributed by atoms with E-state index in [1.165, 1.54) is 11.5 Å². The fourth-order valence-corrected chi connectivity index (χ4v) is 4.92. The zero-order valence-electron chi connectivity index (χ0n) is 11.5. The summed E-state index contributed by atoms with van der Waals surface area (Å²) in [4.78, 5) is 16.1. The number of rotatable bonds is 6. The predicted molar refractivity (Wildman–Crippen MR) is 79.3 cm³/mol. The molecule has 0 radical (unpaired) electrons. The quantitative estimate of drug-likeness (QED) is 0.839. The molecule has 110 valence electrons. The van der Waals surface area contributed by atoms with Crippen molar-refractivity contribution < 1.29 is 9.90 Å². The number of hydrogen-bond donors (Lipinski definition) is 2. The van der Waals surface area contributed by atoms with E-state index in [4.69, 9.17) is 0 Å². The first kappa shape index (κ1) is 14.3. The molecule has 0 aliphatic heterocycles. The van der Waals surface area contributed by atoms with Crippen molar-refractivity contribution in [1.29, 1.82) is 0 Å². The van der Waals surface area contributed by atoms with E-state index in [1.54, 1.807) is 11.8 Å². The normalized spacial score (nSPS) is 29.8. The van der Waals surface area contributed by atoms with Crippen molar-refractivity contribution >= 4 is 29.3 Å². The number of aryl methyl sites for hydroxylation is 1. The molecule has 0 spiro atoms. The van der Waals surface area contributed by atoms with Crippen LogP contribution in [0.4, 0.5) is 0 Å². The molecule has 2 atom stereocenters. The highest BCUT2D eigenvalue weighted by Gasteiger charge is 2.48. The Kier molecular flexibility index (Phi) is 4.01. The number of carboxylic acid groups (broad SMARTS) is 1. The first-order valence-corrected chi connectivity index (χ1v) is 8.77. The molecular formula is C13H19N3O2S2. The van der Waals surface area contributed by atoms with Gasteiger partial charge in [-0.05, 0) is 43.6 Å². The summed E-state index contributed by atoms with van der Waals surface area (Å²) >= 11 is 3.13. The summed E-state index contributed by atoms with van der Waals surface area (Å²) in [5.41, 5.74) is -0.711. The third kappa shape index (κ3) is 2.99. The Morgan fingerprint density at radius 1 is 1.55 bits per heavy atom. The van der Waals surface area contributed by atoms with E-state index < -0.39 is 11.5 Å². The summed E-state index contributed by atoms with van der Waals surface area (Å²) in [6, 6.07) is 0.420. The lowest BCUT2D eigenvalue weighted by Crippen LogP contribution is -2.51. The third-order valence-electron chi connectivity index (χ3n) is 3.97. The molecule has 3 rings (SSSR count). The van der Waals surface area contributed by atoms with Gasteiger partial charge >= 0.3 is 5.97 Å². The Labute approximate surface area is 126 Å². The first-order valence-electron chi connectivity index (χ1n) is 7.11. The minimum absolute atomic E-state index is 0.329. The van der Waals surface area contributed by atoms with Gasteiger partial charge in [-0.1, -0.05) is 18.7 Å². The molecule has 2 aliphatic rings. The van der Waals surface area contributed by atoms with Crippen LogP contribution in [0, 0.1) is 0 Å². The van der Waals surface area contributed by atoms with Gasteiger partial charge in [-0.2, -0.15) is 4.37 Å². The molecule has 20 heavy (non-hydrogen) atoms. The van der Waals surface area contributed by atoms with Crippen LogP contribution in [0.2, 0.25) is 0 Å². The first-order chi connectivity index (χ1) is 9.61. The monoisotopic (exact) mass is 313 g/mol. The molecule has 2 fully saturated rings. The second-order valence-corrected chi connectivity index (χ2v) is 7.92. The van der Waals surface area contributed by atoms with E-state index in [-0.39, 0.29) is 0 Å². The molecule has 1 aromatic heterocycles. The molecule has 7 heteroatoms. The molecular weight excluding hydrogens is 294 g/mol. The number of carboxylic acids is 1. The average molecular weight is 313 g/mol. The van der Waals surface area contributed by atoms with Crippen molar-refractivity contribution in [3.8, 4) is 0 Å². The lowest BCUT2D eigenvalue weighted by Gasteiger charge is -2.25. The highest BCUT2D eigenvalue weighted by Crippen LogP contribution is 2.42. The second kappa shape index (κ2) is 5.61. The van der Waals surface area contributed by atoms with Crippen LogP contribution in [-0.2, 0) is 11.2 Å². The van der Waals surface area contributed by atoms with Crippen LogP contribution in [0.15, 0.2) is 4.34 Å². The van der Waals surface area contributed by atoms with Gasteiger partial charge in [0, 0.05) is 17.7 Å². The van der Waals surface area contributed by atoms with Crippen molar-refractivity contribution in [2.75, 3.05) is 0 Å². The number of aromatic nitrogens is 2. The van der Waals surface area contributed by atoms with E-state index in [2.05, 4.69) is 14.7 Å². The fourth-order valence-electron chi connectivity index (χ4n) is 2.68. The topological polar surface area (TPSA) is 75.1 Å². The van der Waals surface area contributed by atoms with Crippen molar-refractivity contribution in [3.63, 3.8) is 0 Å². The van der Waals surface area contributed by atoms with Gasteiger partial charge in [0.1, 0.15) is 11.4 Å². The van der Waals surface area contributed by atoms with Crippen LogP contribution in [0.3, 0.4) is 0 Å². The van der Waals surface area contributed by atoms with Crippen LogP contribution in [0.5, 0.6) is 0 Å². The average Bonchev–Trinajstić information content (AvgIpc) is 2.96. The standard InChI is InChI=1S/C13H19N3O2S2/c1-2-10-14-12(20-16-10)19-9-5-6-13(7-9,11(17)18)15-8-3-4-8/h8-9,15H,2-7H2,1H3,(H,17,18). The maximum Gasteiger partial charge on any atom is 0.323 e. The Morgan fingerprint density at radius 2 is 2.35 bits per heavy atom. The van der Waals surface area contributed by atoms with Crippen molar-refractivity contribution in [2.24, 2.45) is 0 Å². The number of carbonyl (C=O) groups is 1. The van der Waals surface area contributed by atoms with Gasteiger partial charge in [-0.15, -0.1) is 0 Å². The van der Waals surface area contributed by atoms with Crippen molar-refractivity contribution in [3.05, 3.63) is 5.82 Å². The van der Waals surface area contributed by atoms with Crippen LogP contribution in [0.1, 0.15) is 44.9 Å². The van der Waals surface area contributed by atoms with Crippen LogP contribution >= 0.6 is 23.3 Å². The molecule has 1 heterocycles. The summed E-state index contributed by atoms with van der Waals surface area (Å²) in [7, 11) is 0. The number of aliphatic carboxylic acids is 1. The zero-order valence-corrected chi connectivity index (χ0v) is 13.1. The van der Waals surface area contributed by atoms with E-state index in [0.29, 0.717) is 17.7 Å². The largest absolute Gasteiger partial charge is 0.480 e. The summed E-state index contributed by atoms with van der Waals surface area (Å²) in [5, 5.41) is 13.3. The molecule has 1 aromatic rings. The predicted octanol–water partition coefficient (Wildman–Crippen LogP) is 2.32. The smallest absolute Gasteiger partial charge is 0.323 e. The van der Waals surface area contributed by atoms with Gasteiger partial charge in [0.05, 0.1) is 0 Å². The Morgan fingerprint density at radius 3 is 2.95 bits per heavy atom. The Balaban J connectivity index is 1.63. The molecule has 5 nitrogen and oxygen atoms in total. The minimum Gasteiger partial charge on any atom is -0.480 e. The number of hydrogen-bond acceptors (Lipinski definition) is 6. The Bertz CT molecular complexity index is 504. The van der Waals surface area contributed by atoms with E-state index in [0.717, 1.165) is 42.3 Å². The van der Waals surface area contributed by atoms with E-state index in [9.17, 15) is 9.90 Å². The maximum absolute atomic E-state index is 11.6. The Hall–Kier alpha value is -0.660. The van der Waals surface area contributed by atoms with Crippen LogP contribution < -0.4 is 5.32 Å². The molecule has 0 bridgehead atoms. The summed E-state index contributed by atoms with van der Waals surface area (Å²) in [6.07, 6.45) is 5.41. The molecule has 2 aliphatic carbocycles. The van der Waals surface area contributed by atoms with Crippen LogP contribution in [-0.4, -0.2) is 37.3 Å². The molecule has 2 N–H and O–H groups in total. The highest BCUT2D eigenvalue weighted by atomic mass is 32.2. The van der Waals surface area contributed by atoms with Gasteiger partial charge in [-0.3, -0.25) is 10.1 Å². The van der Waals surface area contributed by atoms with Gasteiger partial charge in [0.2, 0.25) is 0 Å². The van der Waals surface area contributed by atoms with Crippen molar-refractivity contribution in [2.45, 2.75) is 66.6 Å². The number of nitrogens with one attached hydrogen (secondary N) is 1. The second-order valence-electron chi connectivity index (χ2n) is 5.62. The van der Waals surface area contributed by atoms with Gasteiger partial charge in [0.25, 0.3) is 0 Å². The fraction of sp³-hybridized carbons (Fsp3) is 0.769. The number of thioether (sulfide) groups is 1. The van der Waals surface area contributed by atoms with Gasteiger partial charge < -0.3 is 5.11 Å². The lowest BCUT2D eigenvalue weighted by atomic mass is 9.98. The lowest BCUT2D eigenvalue weighted by molar-refractivity contribution is -0.144. The van der Waals surface area contributed by atoms with Gasteiger partial charge in [-0.25, -0.2) is 4.98 Å². The summed E-state index contributed by atoms with van der Waals surface area (Å²) < 4.78 is 5.26. The molecule has 2 unspecified atom stereocenters. The summed E-state index contributed by atoms with van der Waals surface area (Å²) in [6.45, 7) is 2.04. The number of nitrogens with zero attached hydrogens (tertiary/aromatic N) is 2. The maximum atomic E-state index is 11.6. The SMILES string of the molecule is CCc1nsc(SC2CCC(NC3CC3)(C(=O)O)C2)n1. The van der Waals surface area contributed by atoms with E-state index in [1.807, 2.05) is 6.92 Å². The van der Waals surface area contributed by atoms with Crippen LogP contribution in [0.25, 0.3) is 0 Å². The minimum atomic E-state index is -0.711. The van der Waals surface area contributed by atoms with E-state index >= 15 is 0 Å². The third-order valence-corrected chi connectivity index (χ3v) is 6.06. The van der Waals surface area contributed by atoms with Gasteiger partial charge in [0.15, 0.2) is 4.34 Å². The molecule has 0 amide bonds. The summed E-state index contributed by atoms with van der Waals surface area (Å²) in [5.74, 6) is 0.190. The highest BCUT2D eigenvalue weighted by molar-refractivity contribution is 8.01. The van der Waals surface area contributed by atoms with Crippen molar-refractivity contribution in [1.82, 2.24) is 14.7 Å². The molecule has 2 saturated carbocycles. The molecule has 0 saturated heterocycles. The zero-order chi connectivity index (χ0) is 14.2. The molecule has 0 aromatic carbocycles.